The lowest BCUT2D eigenvalue weighted by Crippen LogP contribution is -2.45. The van der Waals surface area contributed by atoms with E-state index in [4.69, 9.17) is 9.84 Å². The number of cyclic esters (lactones) is 1. The van der Waals surface area contributed by atoms with E-state index in [9.17, 15) is 14.4 Å². The van der Waals surface area contributed by atoms with Gasteiger partial charge in [0.05, 0.1) is 12.0 Å². The largest absolute Gasteiger partial charge is 0.465 e. The monoisotopic (exact) mass is 418 g/mol. The number of nitrogens with zero attached hydrogens (tertiary/aromatic N) is 1. The van der Waals surface area contributed by atoms with Gasteiger partial charge in [-0.25, -0.2) is 14.5 Å². The van der Waals surface area contributed by atoms with E-state index in [2.05, 4.69) is 26.1 Å². The van der Waals surface area contributed by atoms with Crippen LogP contribution in [0.2, 0.25) is 0 Å². The van der Waals surface area contributed by atoms with Crippen molar-refractivity contribution in [2.75, 3.05) is 6.54 Å². The summed E-state index contributed by atoms with van der Waals surface area (Å²) in [4.78, 5) is 38.0. The summed E-state index contributed by atoms with van der Waals surface area (Å²) in [7, 11) is 0. The highest BCUT2D eigenvalue weighted by Gasteiger charge is 2.45. The second-order valence-electron chi connectivity index (χ2n) is 8.71. The first kappa shape index (κ1) is 23.7. The van der Waals surface area contributed by atoms with Crippen LogP contribution in [0.4, 0.5) is 9.59 Å². The molecule has 0 bridgehead atoms. The highest BCUT2D eigenvalue weighted by molar-refractivity contribution is 5.95. The molecule has 1 aromatic rings. The van der Waals surface area contributed by atoms with E-state index in [0.29, 0.717) is 12.3 Å². The molecule has 4 atom stereocenters. The van der Waals surface area contributed by atoms with E-state index in [-0.39, 0.29) is 18.4 Å². The molecule has 4 unspecified atom stereocenters. The Morgan fingerprint density at radius 2 is 1.83 bits per heavy atom. The Bertz CT molecular complexity index is 722. The van der Waals surface area contributed by atoms with Crippen molar-refractivity contribution >= 4 is 18.1 Å². The Balaban J connectivity index is 2.09. The summed E-state index contributed by atoms with van der Waals surface area (Å²) in [6.45, 7) is 8.19. The van der Waals surface area contributed by atoms with Gasteiger partial charge in [0.15, 0.2) is 0 Å². The molecule has 1 saturated heterocycles. The first-order valence-corrected chi connectivity index (χ1v) is 10.8. The lowest BCUT2D eigenvalue weighted by Gasteiger charge is -2.26. The van der Waals surface area contributed by atoms with Gasteiger partial charge in [-0.15, -0.1) is 0 Å². The molecule has 1 fully saturated rings. The fraction of sp³-hybridized carbons (Fsp3) is 0.609. The minimum Gasteiger partial charge on any atom is -0.465 e. The van der Waals surface area contributed by atoms with E-state index < -0.39 is 30.3 Å². The molecule has 7 nitrogen and oxygen atoms in total. The molecule has 2 N–H and O–H groups in total. The topological polar surface area (TPSA) is 95.9 Å². The SMILES string of the molecule is CC(C)CCCC(C)CC(CNC(=O)O)C(=O)N1C(=O)OC(c2ccccc2)C1C. The highest BCUT2D eigenvalue weighted by Crippen LogP contribution is 2.34. The van der Waals surface area contributed by atoms with Crippen LogP contribution in [0.5, 0.6) is 0 Å². The van der Waals surface area contributed by atoms with Crippen molar-refractivity contribution in [1.82, 2.24) is 10.2 Å². The third-order valence-corrected chi connectivity index (χ3v) is 5.65. The summed E-state index contributed by atoms with van der Waals surface area (Å²) < 4.78 is 5.49. The van der Waals surface area contributed by atoms with Crippen molar-refractivity contribution in [2.24, 2.45) is 17.8 Å². The van der Waals surface area contributed by atoms with Gasteiger partial charge in [-0.05, 0) is 30.7 Å². The summed E-state index contributed by atoms with van der Waals surface area (Å²) in [6.07, 6.45) is 1.27. The Morgan fingerprint density at radius 3 is 2.43 bits per heavy atom. The van der Waals surface area contributed by atoms with E-state index in [1.165, 1.54) is 0 Å². The maximum atomic E-state index is 13.3. The Hall–Kier alpha value is -2.57. The summed E-state index contributed by atoms with van der Waals surface area (Å²) in [5.41, 5.74) is 0.830. The van der Waals surface area contributed by atoms with E-state index in [1.807, 2.05) is 30.3 Å². The molecule has 0 aromatic heterocycles. The Labute approximate surface area is 178 Å². The van der Waals surface area contributed by atoms with Crippen molar-refractivity contribution in [2.45, 2.75) is 65.5 Å². The molecule has 1 aromatic carbocycles. The molecule has 1 aliphatic rings. The molecule has 1 heterocycles. The van der Waals surface area contributed by atoms with Gasteiger partial charge in [0.25, 0.3) is 0 Å². The second-order valence-corrected chi connectivity index (χ2v) is 8.71. The maximum absolute atomic E-state index is 13.3. The number of ether oxygens (including phenoxy) is 1. The number of hydrogen-bond donors (Lipinski definition) is 2. The third-order valence-electron chi connectivity index (χ3n) is 5.65. The molecule has 1 aliphatic heterocycles. The molecule has 0 spiro atoms. The highest BCUT2D eigenvalue weighted by atomic mass is 16.6. The van der Waals surface area contributed by atoms with Crippen LogP contribution in [0.1, 0.15) is 65.0 Å². The number of carbonyl (C=O) groups is 3. The minimum absolute atomic E-state index is 0.0187. The lowest BCUT2D eigenvalue weighted by atomic mass is 9.89. The van der Waals surface area contributed by atoms with Crippen LogP contribution >= 0.6 is 0 Å². The van der Waals surface area contributed by atoms with Gasteiger partial charge < -0.3 is 15.2 Å². The zero-order chi connectivity index (χ0) is 22.3. The molecule has 2 rings (SSSR count). The van der Waals surface area contributed by atoms with Crippen LogP contribution in [0.15, 0.2) is 30.3 Å². The minimum atomic E-state index is -1.18. The number of rotatable bonds is 10. The van der Waals surface area contributed by atoms with Crippen molar-refractivity contribution in [3.05, 3.63) is 35.9 Å². The molecule has 0 aliphatic carbocycles. The second kappa shape index (κ2) is 11.0. The van der Waals surface area contributed by atoms with Crippen LogP contribution in [-0.4, -0.2) is 40.7 Å². The number of carbonyl (C=O) groups excluding carboxylic acids is 2. The number of nitrogens with one attached hydrogen (secondary N) is 1. The normalized spacial score (nSPS) is 20.7. The van der Waals surface area contributed by atoms with Gasteiger partial charge in [-0.3, -0.25) is 4.79 Å². The van der Waals surface area contributed by atoms with Crippen molar-refractivity contribution in [3.63, 3.8) is 0 Å². The predicted molar refractivity (Wildman–Crippen MR) is 114 cm³/mol. The maximum Gasteiger partial charge on any atom is 0.417 e. The van der Waals surface area contributed by atoms with Gasteiger partial charge in [0.1, 0.15) is 6.10 Å². The van der Waals surface area contributed by atoms with Crippen LogP contribution in [0, 0.1) is 17.8 Å². The van der Waals surface area contributed by atoms with Crippen LogP contribution in [0.3, 0.4) is 0 Å². The van der Waals surface area contributed by atoms with Crippen LogP contribution in [-0.2, 0) is 9.53 Å². The first-order chi connectivity index (χ1) is 14.2. The van der Waals surface area contributed by atoms with Crippen LogP contribution < -0.4 is 5.32 Å². The number of carboxylic acid groups (broad SMARTS) is 1. The average Bonchev–Trinajstić information content (AvgIpc) is 2.99. The van der Waals surface area contributed by atoms with E-state index >= 15 is 0 Å². The first-order valence-electron chi connectivity index (χ1n) is 10.8. The molecule has 3 amide bonds. The summed E-state index contributed by atoms with van der Waals surface area (Å²) >= 11 is 0. The molecule has 30 heavy (non-hydrogen) atoms. The molecule has 0 saturated carbocycles. The fourth-order valence-electron chi connectivity index (χ4n) is 4.00. The molecule has 166 valence electrons. The average molecular weight is 419 g/mol. The third kappa shape index (κ3) is 6.47. The zero-order valence-electron chi connectivity index (χ0n) is 18.3. The van der Waals surface area contributed by atoms with Crippen molar-refractivity contribution in [1.29, 1.82) is 0 Å². The Kier molecular flexibility index (Phi) is 8.69. The Morgan fingerprint density at radius 1 is 1.17 bits per heavy atom. The molecular weight excluding hydrogens is 384 g/mol. The van der Waals surface area contributed by atoms with Gasteiger partial charge >= 0.3 is 12.2 Å². The number of hydrogen-bond acceptors (Lipinski definition) is 4. The summed E-state index contributed by atoms with van der Waals surface area (Å²) in [5.74, 6) is -0.124. The van der Waals surface area contributed by atoms with E-state index in [1.54, 1.807) is 6.92 Å². The quantitative estimate of drug-likeness (QED) is 0.567. The zero-order valence-corrected chi connectivity index (χ0v) is 18.3. The van der Waals surface area contributed by atoms with Gasteiger partial charge in [-0.2, -0.15) is 0 Å². The van der Waals surface area contributed by atoms with Crippen LogP contribution in [0.25, 0.3) is 0 Å². The molecular formula is C23H34N2O5. The standard InChI is InChI=1S/C23H34N2O5/c1-15(2)9-8-10-16(3)13-19(14-24-22(27)28)21(26)25-17(4)20(30-23(25)29)18-11-6-5-7-12-18/h5-7,11-12,15-17,19-20,24H,8-10,13-14H2,1-4H3,(H,27,28). The van der Waals surface area contributed by atoms with Crippen molar-refractivity contribution in [3.8, 4) is 0 Å². The van der Waals surface area contributed by atoms with Gasteiger partial charge in [-0.1, -0.05) is 70.4 Å². The lowest BCUT2D eigenvalue weighted by molar-refractivity contribution is -0.133. The number of benzene rings is 1. The number of amides is 3. The summed E-state index contributed by atoms with van der Waals surface area (Å²) in [6, 6.07) is 8.86. The smallest absolute Gasteiger partial charge is 0.417 e. The summed E-state index contributed by atoms with van der Waals surface area (Å²) in [5, 5.41) is 11.3. The van der Waals surface area contributed by atoms with Gasteiger partial charge in [0.2, 0.25) is 5.91 Å². The molecule has 7 heteroatoms. The number of imide groups is 1. The fourth-order valence-corrected chi connectivity index (χ4v) is 4.00. The van der Waals surface area contributed by atoms with Gasteiger partial charge in [0, 0.05) is 6.54 Å². The molecule has 0 radical (unpaired) electrons. The van der Waals surface area contributed by atoms with E-state index in [0.717, 1.165) is 29.7 Å². The predicted octanol–water partition coefficient (Wildman–Crippen LogP) is 4.83. The van der Waals surface area contributed by atoms with Crippen molar-refractivity contribution < 1.29 is 24.2 Å².